The Morgan fingerprint density at radius 2 is 1.76 bits per heavy atom. The third kappa shape index (κ3) is 5.72. The lowest BCUT2D eigenvalue weighted by Crippen LogP contribution is -2.12. The van der Waals surface area contributed by atoms with Gasteiger partial charge in [-0.3, -0.25) is 9.35 Å². The zero-order valence-electron chi connectivity index (χ0n) is 19.8. The van der Waals surface area contributed by atoms with Gasteiger partial charge in [0.05, 0.1) is 12.2 Å². The van der Waals surface area contributed by atoms with Crippen LogP contribution in [0, 0.1) is 6.92 Å². The first-order valence-electron chi connectivity index (χ1n) is 11.1. The van der Waals surface area contributed by atoms with Gasteiger partial charge in [0.15, 0.2) is 5.75 Å². The van der Waals surface area contributed by atoms with E-state index in [2.05, 4.69) is 15.5 Å². The molecule has 37 heavy (non-hydrogen) atoms. The van der Waals surface area contributed by atoms with E-state index in [0.717, 1.165) is 6.07 Å². The molecule has 4 aromatic carbocycles. The van der Waals surface area contributed by atoms with Crippen LogP contribution in [0.15, 0.2) is 81.9 Å². The van der Waals surface area contributed by atoms with Gasteiger partial charge in [-0.25, -0.2) is 0 Å². The van der Waals surface area contributed by atoms with Gasteiger partial charge in [0.25, 0.3) is 16.0 Å². The Hall–Kier alpha value is -3.99. The molecule has 1 amide bonds. The minimum absolute atomic E-state index is 0.0520. The summed E-state index contributed by atoms with van der Waals surface area (Å²) in [6.45, 7) is 4.01. The quantitative estimate of drug-likeness (QED) is 0.174. The zero-order chi connectivity index (χ0) is 26.7. The minimum atomic E-state index is -4.67. The Labute approximate surface area is 218 Å². The van der Waals surface area contributed by atoms with Crippen LogP contribution >= 0.6 is 11.6 Å². The van der Waals surface area contributed by atoms with Crippen LogP contribution in [-0.4, -0.2) is 30.6 Å². The number of anilines is 1. The van der Waals surface area contributed by atoms with E-state index >= 15 is 0 Å². The SMILES string of the molecule is CCOc1ccc(NC(=O)c2cc3ccccc3c(N=Nc3cc(C)c(Cl)cc3S(=O)(=O)O)c2O)cc1. The molecule has 0 unspecified atom stereocenters. The van der Waals surface area contributed by atoms with E-state index < -0.39 is 26.7 Å². The maximum absolute atomic E-state index is 13.1. The van der Waals surface area contributed by atoms with Crippen molar-refractivity contribution in [2.24, 2.45) is 10.2 Å². The number of ether oxygens (including phenoxy) is 1. The Bertz CT molecular complexity index is 1640. The fourth-order valence-corrected chi connectivity index (χ4v) is 4.49. The summed E-state index contributed by atoms with van der Waals surface area (Å²) >= 11 is 6.02. The van der Waals surface area contributed by atoms with Gasteiger partial charge in [0, 0.05) is 16.1 Å². The van der Waals surface area contributed by atoms with Crippen LogP contribution in [0.2, 0.25) is 5.02 Å². The van der Waals surface area contributed by atoms with Gasteiger partial charge in [-0.05, 0) is 67.3 Å². The number of phenols is 1. The standard InChI is InChI=1S/C26H22ClN3O6S/c1-3-36-18-10-8-17(9-11-18)28-26(32)20-13-16-6-4-5-7-19(16)24(25(20)31)30-29-22-12-15(2)21(27)14-23(22)37(33,34)35/h4-14,31H,3H2,1-2H3,(H,28,32)(H,33,34,35). The first kappa shape index (κ1) is 26.1. The number of fused-ring (bicyclic) bond motifs is 1. The number of carbonyl (C=O) groups excluding carboxylic acids is 1. The highest BCUT2D eigenvalue weighted by Gasteiger charge is 2.21. The average Bonchev–Trinajstić information content (AvgIpc) is 2.85. The summed E-state index contributed by atoms with van der Waals surface area (Å²) in [6.07, 6.45) is 0. The molecule has 0 bridgehead atoms. The van der Waals surface area contributed by atoms with Crippen molar-refractivity contribution in [2.45, 2.75) is 18.7 Å². The summed E-state index contributed by atoms with van der Waals surface area (Å²) in [7, 11) is -4.67. The van der Waals surface area contributed by atoms with Gasteiger partial charge < -0.3 is 15.2 Å². The number of hydrogen-bond acceptors (Lipinski definition) is 7. The molecule has 0 aromatic heterocycles. The molecule has 0 heterocycles. The van der Waals surface area contributed by atoms with E-state index in [4.69, 9.17) is 16.3 Å². The molecule has 0 aliphatic rings. The number of rotatable bonds is 7. The summed E-state index contributed by atoms with van der Waals surface area (Å²) in [5.41, 5.74) is 0.684. The number of amides is 1. The molecule has 0 atom stereocenters. The van der Waals surface area contributed by atoms with Gasteiger partial charge in [-0.15, -0.1) is 10.2 Å². The molecule has 4 aromatic rings. The zero-order valence-corrected chi connectivity index (χ0v) is 21.3. The summed E-state index contributed by atoms with van der Waals surface area (Å²) in [6, 6.07) is 17.6. The second kappa shape index (κ2) is 10.6. The van der Waals surface area contributed by atoms with Crippen LogP contribution in [0.1, 0.15) is 22.8 Å². The molecule has 0 fully saturated rings. The second-order valence-corrected chi connectivity index (χ2v) is 9.80. The molecule has 0 spiro atoms. The highest BCUT2D eigenvalue weighted by atomic mass is 35.5. The molecule has 3 N–H and O–H groups in total. The smallest absolute Gasteiger partial charge is 0.296 e. The third-order valence-electron chi connectivity index (χ3n) is 5.44. The van der Waals surface area contributed by atoms with Crippen molar-refractivity contribution < 1.29 is 27.6 Å². The van der Waals surface area contributed by atoms with E-state index in [1.807, 2.05) is 6.92 Å². The maximum atomic E-state index is 13.1. The van der Waals surface area contributed by atoms with Crippen LogP contribution in [0.3, 0.4) is 0 Å². The highest BCUT2D eigenvalue weighted by molar-refractivity contribution is 7.86. The molecule has 0 saturated carbocycles. The molecule has 4 rings (SSSR count). The summed E-state index contributed by atoms with van der Waals surface area (Å²) in [4.78, 5) is 12.5. The maximum Gasteiger partial charge on any atom is 0.296 e. The van der Waals surface area contributed by atoms with Gasteiger partial charge >= 0.3 is 0 Å². The van der Waals surface area contributed by atoms with Crippen LogP contribution < -0.4 is 10.1 Å². The van der Waals surface area contributed by atoms with Crippen molar-refractivity contribution in [2.75, 3.05) is 11.9 Å². The lowest BCUT2D eigenvalue weighted by atomic mass is 10.0. The van der Waals surface area contributed by atoms with E-state index in [1.54, 1.807) is 55.5 Å². The fourth-order valence-electron chi connectivity index (χ4n) is 3.63. The Balaban J connectivity index is 1.78. The molecular weight excluding hydrogens is 518 g/mol. The first-order chi connectivity index (χ1) is 17.6. The number of carbonyl (C=O) groups is 1. The molecule has 11 heteroatoms. The number of phenolic OH excluding ortho intramolecular Hbond substituents is 1. The number of hydrogen-bond donors (Lipinski definition) is 3. The lowest BCUT2D eigenvalue weighted by Gasteiger charge is -2.12. The van der Waals surface area contributed by atoms with Crippen LogP contribution in [-0.2, 0) is 10.1 Å². The molecular formula is C26H22ClN3O6S. The van der Waals surface area contributed by atoms with Crippen molar-refractivity contribution >= 4 is 55.5 Å². The van der Waals surface area contributed by atoms with Gasteiger partial charge in [-0.1, -0.05) is 35.9 Å². The Kier molecular flexibility index (Phi) is 7.44. The monoisotopic (exact) mass is 539 g/mol. The highest BCUT2D eigenvalue weighted by Crippen LogP contribution is 2.40. The number of halogens is 1. The van der Waals surface area contributed by atoms with Crippen LogP contribution in [0.25, 0.3) is 10.8 Å². The lowest BCUT2D eigenvalue weighted by molar-refractivity contribution is 0.102. The molecule has 0 aliphatic heterocycles. The summed E-state index contributed by atoms with van der Waals surface area (Å²) < 4.78 is 38.8. The molecule has 190 valence electrons. The summed E-state index contributed by atoms with van der Waals surface area (Å²) in [5.74, 6) is -0.395. The largest absolute Gasteiger partial charge is 0.505 e. The first-order valence-corrected chi connectivity index (χ1v) is 12.9. The predicted molar refractivity (Wildman–Crippen MR) is 141 cm³/mol. The number of nitrogens with zero attached hydrogens (tertiary/aromatic N) is 2. The van der Waals surface area contributed by atoms with E-state index in [0.29, 0.717) is 34.4 Å². The van der Waals surface area contributed by atoms with Gasteiger partial charge in [0.2, 0.25) is 0 Å². The number of azo groups is 1. The van der Waals surface area contributed by atoms with Gasteiger partial charge in [-0.2, -0.15) is 8.42 Å². The number of benzene rings is 4. The number of aryl methyl sites for hydroxylation is 1. The molecule has 0 aliphatic carbocycles. The van der Waals surface area contributed by atoms with E-state index in [-0.39, 0.29) is 22.0 Å². The molecule has 9 nitrogen and oxygen atoms in total. The molecule has 0 saturated heterocycles. The third-order valence-corrected chi connectivity index (χ3v) is 6.73. The van der Waals surface area contributed by atoms with Crippen molar-refractivity contribution in [1.82, 2.24) is 0 Å². The van der Waals surface area contributed by atoms with E-state index in [9.17, 15) is 22.9 Å². The predicted octanol–water partition coefficient (Wildman–Crippen LogP) is 6.82. The Morgan fingerprint density at radius 1 is 1.05 bits per heavy atom. The summed E-state index contributed by atoms with van der Waals surface area (Å²) in [5, 5.41) is 23.0. The normalized spacial score (nSPS) is 11.7. The minimum Gasteiger partial charge on any atom is -0.505 e. The molecule has 0 radical (unpaired) electrons. The van der Waals surface area contributed by atoms with Gasteiger partial charge in [0.1, 0.15) is 22.0 Å². The number of nitrogens with one attached hydrogen (secondary N) is 1. The topological polar surface area (TPSA) is 138 Å². The van der Waals surface area contributed by atoms with Crippen LogP contribution in [0.4, 0.5) is 17.1 Å². The van der Waals surface area contributed by atoms with Crippen LogP contribution in [0.5, 0.6) is 11.5 Å². The van der Waals surface area contributed by atoms with Crippen molar-refractivity contribution in [1.29, 1.82) is 0 Å². The second-order valence-electron chi connectivity index (χ2n) is 8.00. The van der Waals surface area contributed by atoms with E-state index in [1.165, 1.54) is 12.1 Å². The fraction of sp³-hybridized carbons (Fsp3) is 0.115. The average molecular weight is 540 g/mol. The van der Waals surface area contributed by atoms with Crippen molar-refractivity contribution in [3.63, 3.8) is 0 Å². The Morgan fingerprint density at radius 3 is 2.43 bits per heavy atom. The number of aromatic hydroxyl groups is 1. The van der Waals surface area contributed by atoms with Crippen molar-refractivity contribution in [3.8, 4) is 11.5 Å². The van der Waals surface area contributed by atoms with Crippen molar-refractivity contribution in [3.05, 3.63) is 82.9 Å².